The van der Waals surface area contributed by atoms with Crippen LogP contribution in [0.2, 0.25) is 0 Å². The Labute approximate surface area is 116 Å². The zero-order valence-corrected chi connectivity index (χ0v) is 11.6. The van der Waals surface area contributed by atoms with E-state index in [9.17, 15) is 0 Å². The number of nitrogens with zero attached hydrogens (tertiary/aromatic N) is 6. The first-order valence-electron chi connectivity index (χ1n) is 6.55. The summed E-state index contributed by atoms with van der Waals surface area (Å²) >= 11 is 0. The van der Waals surface area contributed by atoms with Crippen molar-refractivity contribution in [3.05, 3.63) is 18.0 Å². The minimum atomic E-state index is 0.513. The summed E-state index contributed by atoms with van der Waals surface area (Å²) in [7, 11) is 1.79. The van der Waals surface area contributed by atoms with Gasteiger partial charge in [-0.1, -0.05) is 0 Å². The Morgan fingerprint density at radius 1 is 1.15 bits per heavy atom. The van der Waals surface area contributed by atoms with Crippen LogP contribution in [0.1, 0.15) is 5.69 Å². The molecule has 1 aliphatic rings. The van der Waals surface area contributed by atoms with Crippen molar-refractivity contribution in [2.45, 2.75) is 6.92 Å². The van der Waals surface area contributed by atoms with Crippen LogP contribution in [0.3, 0.4) is 0 Å². The molecule has 0 radical (unpaired) electrons. The molecule has 106 valence electrons. The number of morpholine rings is 1. The minimum Gasteiger partial charge on any atom is -0.378 e. The summed E-state index contributed by atoms with van der Waals surface area (Å²) in [4.78, 5) is 15.3. The summed E-state index contributed by atoms with van der Waals surface area (Å²) in [6.45, 7) is 4.88. The molecule has 0 saturated carbocycles. The van der Waals surface area contributed by atoms with Crippen molar-refractivity contribution >= 4 is 11.9 Å². The third kappa shape index (κ3) is 2.55. The molecule has 8 nitrogen and oxygen atoms in total. The summed E-state index contributed by atoms with van der Waals surface area (Å²) in [5, 5.41) is 7.30. The molecule has 0 amide bonds. The van der Waals surface area contributed by atoms with Gasteiger partial charge in [-0.2, -0.15) is 20.1 Å². The van der Waals surface area contributed by atoms with Crippen LogP contribution in [0.25, 0.3) is 5.95 Å². The van der Waals surface area contributed by atoms with Crippen LogP contribution in [-0.4, -0.2) is 58.1 Å². The van der Waals surface area contributed by atoms with Crippen LogP contribution in [0.4, 0.5) is 11.9 Å². The molecule has 0 unspecified atom stereocenters. The van der Waals surface area contributed by atoms with Crippen LogP contribution in [-0.2, 0) is 4.74 Å². The molecule has 0 spiro atoms. The molecule has 1 N–H and O–H groups in total. The molecule has 2 aromatic rings. The second-order valence-corrected chi connectivity index (χ2v) is 4.51. The Hall–Kier alpha value is -2.22. The lowest BCUT2D eigenvalue weighted by molar-refractivity contribution is 0.122. The summed E-state index contributed by atoms with van der Waals surface area (Å²) in [6.07, 6.45) is 1.84. The molecule has 8 heteroatoms. The lowest BCUT2D eigenvalue weighted by Crippen LogP contribution is -2.37. The average Bonchev–Trinajstić information content (AvgIpc) is 2.94. The fraction of sp³-hybridized carbons (Fsp3) is 0.500. The quantitative estimate of drug-likeness (QED) is 0.859. The fourth-order valence-corrected chi connectivity index (χ4v) is 2.00. The minimum absolute atomic E-state index is 0.513. The summed E-state index contributed by atoms with van der Waals surface area (Å²) in [5.74, 6) is 1.69. The highest BCUT2D eigenvalue weighted by atomic mass is 16.5. The van der Waals surface area contributed by atoms with E-state index in [0.29, 0.717) is 31.1 Å². The number of rotatable bonds is 3. The summed E-state index contributed by atoms with van der Waals surface area (Å²) < 4.78 is 7.00. The highest BCUT2D eigenvalue weighted by Gasteiger charge is 2.17. The first kappa shape index (κ1) is 12.8. The van der Waals surface area contributed by atoms with Gasteiger partial charge in [-0.05, 0) is 13.0 Å². The van der Waals surface area contributed by atoms with Gasteiger partial charge in [0.1, 0.15) is 0 Å². The maximum absolute atomic E-state index is 5.35. The molecule has 3 heterocycles. The Morgan fingerprint density at radius 2 is 1.90 bits per heavy atom. The van der Waals surface area contributed by atoms with Crippen molar-refractivity contribution in [2.75, 3.05) is 43.6 Å². The molecule has 0 atom stereocenters. The molecule has 0 aromatic carbocycles. The van der Waals surface area contributed by atoms with E-state index in [-0.39, 0.29) is 0 Å². The number of nitrogens with one attached hydrogen (secondary N) is 1. The van der Waals surface area contributed by atoms with Crippen molar-refractivity contribution in [1.82, 2.24) is 24.7 Å². The number of ether oxygens (including phenoxy) is 1. The zero-order chi connectivity index (χ0) is 13.9. The van der Waals surface area contributed by atoms with Gasteiger partial charge in [0.05, 0.1) is 18.9 Å². The van der Waals surface area contributed by atoms with Gasteiger partial charge in [0.25, 0.3) is 5.95 Å². The molecule has 0 bridgehead atoms. The predicted molar refractivity (Wildman–Crippen MR) is 74.3 cm³/mol. The number of aryl methyl sites for hydroxylation is 1. The number of aromatic nitrogens is 5. The Bertz CT molecular complexity index is 591. The molecule has 20 heavy (non-hydrogen) atoms. The second kappa shape index (κ2) is 5.41. The van der Waals surface area contributed by atoms with Gasteiger partial charge in [0.2, 0.25) is 11.9 Å². The summed E-state index contributed by atoms with van der Waals surface area (Å²) in [5.41, 5.74) is 0.921. The standard InChI is InChI=1S/C12H17N7O/c1-9-3-4-19(17-9)12-15-10(13-2)14-11(16-12)18-5-7-20-8-6-18/h3-4H,5-8H2,1-2H3,(H,13,14,15,16). The average molecular weight is 275 g/mol. The molecule has 2 aromatic heterocycles. The molecule has 3 rings (SSSR count). The molecule has 1 aliphatic heterocycles. The number of hydrogen-bond donors (Lipinski definition) is 1. The fourth-order valence-electron chi connectivity index (χ4n) is 2.00. The molecule has 1 fully saturated rings. The maximum Gasteiger partial charge on any atom is 0.257 e. The van der Waals surface area contributed by atoms with E-state index in [0.717, 1.165) is 18.8 Å². The van der Waals surface area contributed by atoms with E-state index in [1.54, 1.807) is 11.7 Å². The third-order valence-electron chi connectivity index (χ3n) is 3.06. The van der Waals surface area contributed by atoms with E-state index < -0.39 is 0 Å². The first-order chi connectivity index (χ1) is 9.76. The van der Waals surface area contributed by atoms with Crippen molar-refractivity contribution in [2.24, 2.45) is 0 Å². The van der Waals surface area contributed by atoms with Crippen molar-refractivity contribution in [1.29, 1.82) is 0 Å². The van der Waals surface area contributed by atoms with E-state index in [1.165, 1.54) is 0 Å². The Kier molecular flexibility index (Phi) is 3.46. The van der Waals surface area contributed by atoms with Crippen LogP contribution < -0.4 is 10.2 Å². The van der Waals surface area contributed by atoms with Crippen LogP contribution in [0, 0.1) is 6.92 Å². The van der Waals surface area contributed by atoms with Gasteiger partial charge in [0, 0.05) is 26.3 Å². The van der Waals surface area contributed by atoms with Crippen molar-refractivity contribution in [3.63, 3.8) is 0 Å². The van der Waals surface area contributed by atoms with Crippen molar-refractivity contribution < 1.29 is 4.74 Å². The highest BCUT2D eigenvalue weighted by molar-refractivity contribution is 5.40. The number of anilines is 2. The van der Waals surface area contributed by atoms with E-state index in [1.807, 2.05) is 19.2 Å². The molecule has 0 aliphatic carbocycles. The van der Waals surface area contributed by atoms with Gasteiger partial charge < -0.3 is 15.0 Å². The molecular weight excluding hydrogens is 258 g/mol. The summed E-state index contributed by atoms with van der Waals surface area (Å²) in [6, 6.07) is 1.91. The Balaban J connectivity index is 1.97. The topological polar surface area (TPSA) is 81.0 Å². The second-order valence-electron chi connectivity index (χ2n) is 4.51. The Morgan fingerprint density at radius 3 is 2.55 bits per heavy atom. The normalized spacial score (nSPS) is 15.4. The molecule has 1 saturated heterocycles. The van der Waals surface area contributed by atoms with Gasteiger partial charge in [-0.25, -0.2) is 4.68 Å². The van der Waals surface area contributed by atoms with Gasteiger partial charge in [-0.15, -0.1) is 0 Å². The predicted octanol–water partition coefficient (Wildman–Crippen LogP) is 0.244. The van der Waals surface area contributed by atoms with Crippen LogP contribution >= 0.6 is 0 Å². The lowest BCUT2D eigenvalue weighted by atomic mass is 10.4. The zero-order valence-electron chi connectivity index (χ0n) is 11.6. The van der Waals surface area contributed by atoms with Crippen LogP contribution in [0.15, 0.2) is 12.3 Å². The number of hydrogen-bond acceptors (Lipinski definition) is 7. The van der Waals surface area contributed by atoms with Gasteiger partial charge >= 0.3 is 0 Å². The third-order valence-corrected chi connectivity index (χ3v) is 3.06. The van der Waals surface area contributed by atoms with Crippen molar-refractivity contribution in [3.8, 4) is 5.95 Å². The maximum atomic E-state index is 5.35. The monoisotopic (exact) mass is 275 g/mol. The molecular formula is C12H17N7O. The smallest absolute Gasteiger partial charge is 0.257 e. The van der Waals surface area contributed by atoms with E-state index in [2.05, 4.69) is 30.3 Å². The van der Waals surface area contributed by atoms with Gasteiger partial charge in [-0.3, -0.25) is 0 Å². The first-order valence-corrected chi connectivity index (χ1v) is 6.55. The SMILES string of the molecule is CNc1nc(N2CCOCC2)nc(-n2ccc(C)n2)n1. The van der Waals surface area contributed by atoms with Crippen LogP contribution in [0.5, 0.6) is 0 Å². The lowest BCUT2D eigenvalue weighted by Gasteiger charge is -2.26. The largest absolute Gasteiger partial charge is 0.378 e. The highest BCUT2D eigenvalue weighted by Crippen LogP contribution is 2.14. The van der Waals surface area contributed by atoms with E-state index >= 15 is 0 Å². The van der Waals surface area contributed by atoms with Gasteiger partial charge in [0.15, 0.2) is 0 Å². The van der Waals surface area contributed by atoms with E-state index in [4.69, 9.17) is 4.74 Å².